The van der Waals surface area contributed by atoms with Crippen LogP contribution in [0.2, 0.25) is 0 Å². The second-order valence-corrected chi connectivity index (χ2v) is 5.00. The first-order valence-electron chi connectivity index (χ1n) is 6.86. The van der Waals surface area contributed by atoms with Crippen molar-refractivity contribution >= 4 is 17.6 Å². The van der Waals surface area contributed by atoms with Crippen molar-refractivity contribution < 1.29 is 27.8 Å². The number of nitrogens with zero attached hydrogens (tertiary/aromatic N) is 1. The van der Waals surface area contributed by atoms with Crippen LogP contribution in [0.25, 0.3) is 0 Å². The highest BCUT2D eigenvalue weighted by Gasteiger charge is 2.55. The molecule has 0 saturated carbocycles. The number of anilines is 1. The van der Waals surface area contributed by atoms with Crippen molar-refractivity contribution in [3.05, 3.63) is 65.7 Å². The van der Waals surface area contributed by atoms with Crippen molar-refractivity contribution in [2.75, 3.05) is 5.32 Å². The highest BCUT2D eigenvalue weighted by atomic mass is 19.1. The monoisotopic (exact) mass is 336 g/mol. The third kappa shape index (κ3) is 2.66. The van der Waals surface area contributed by atoms with Crippen LogP contribution in [0.4, 0.5) is 18.9 Å². The SMILES string of the molecule is O=C(O)C1(F)N=C(c2c(F)cccc2F)OC1Nc1ccccc1. The summed E-state index contributed by atoms with van der Waals surface area (Å²) in [5.74, 6) is -8.02. The molecule has 0 bridgehead atoms. The molecule has 0 spiro atoms. The van der Waals surface area contributed by atoms with E-state index in [2.05, 4.69) is 10.3 Å². The molecule has 2 aromatic rings. The van der Waals surface area contributed by atoms with E-state index in [1.807, 2.05) is 0 Å². The van der Waals surface area contributed by atoms with E-state index in [0.717, 1.165) is 18.2 Å². The van der Waals surface area contributed by atoms with Gasteiger partial charge in [-0.2, -0.15) is 9.38 Å². The molecule has 2 unspecified atom stereocenters. The van der Waals surface area contributed by atoms with Crippen LogP contribution in [-0.2, 0) is 9.53 Å². The summed E-state index contributed by atoms with van der Waals surface area (Å²) in [4.78, 5) is 14.6. The Morgan fingerprint density at radius 2 is 1.75 bits per heavy atom. The van der Waals surface area contributed by atoms with Gasteiger partial charge >= 0.3 is 11.8 Å². The van der Waals surface area contributed by atoms with Gasteiger partial charge in [0, 0.05) is 5.69 Å². The molecular weight excluding hydrogens is 325 g/mol. The Bertz CT molecular complexity index is 793. The Labute approximate surface area is 134 Å². The first kappa shape index (κ1) is 15.9. The van der Waals surface area contributed by atoms with Crippen molar-refractivity contribution in [1.82, 2.24) is 0 Å². The first-order chi connectivity index (χ1) is 11.4. The molecule has 0 saturated heterocycles. The predicted molar refractivity (Wildman–Crippen MR) is 79.3 cm³/mol. The first-order valence-corrected chi connectivity index (χ1v) is 6.86. The number of nitrogens with one attached hydrogen (secondary N) is 1. The molecule has 3 rings (SSSR count). The lowest BCUT2D eigenvalue weighted by molar-refractivity contribution is -0.154. The van der Waals surface area contributed by atoms with E-state index in [1.165, 1.54) is 0 Å². The minimum absolute atomic E-state index is 0.358. The summed E-state index contributed by atoms with van der Waals surface area (Å²) in [7, 11) is 0. The summed E-state index contributed by atoms with van der Waals surface area (Å²) in [6.07, 6.45) is -1.79. The van der Waals surface area contributed by atoms with Crippen molar-refractivity contribution in [2.45, 2.75) is 12.0 Å². The van der Waals surface area contributed by atoms with E-state index in [0.29, 0.717) is 5.69 Å². The normalized spacial score (nSPS) is 22.6. The van der Waals surface area contributed by atoms with Gasteiger partial charge in [0.05, 0.1) is 0 Å². The summed E-state index contributed by atoms with van der Waals surface area (Å²) in [6.45, 7) is 0. The molecule has 8 heteroatoms. The van der Waals surface area contributed by atoms with Crippen LogP contribution in [0.1, 0.15) is 5.56 Å². The number of hydrogen-bond acceptors (Lipinski definition) is 4. The lowest BCUT2D eigenvalue weighted by atomic mass is 10.2. The zero-order valence-electron chi connectivity index (χ0n) is 12.0. The van der Waals surface area contributed by atoms with Crippen LogP contribution >= 0.6 is 0 Å². The van der Waals surface area contributed by atoms with Crippen molar-refractivity contribution in [3.63, 3.8) is 0 Å². The second-order valence-electron chi connectivity index (χ2n) is 5.00. The van der Waals surface area contributed by atoms with E-state index in [-0.39, 0.29) is 0 Å². The van der Waals surface area contributed by atoms with Gasteiger partial charge in [0.15, 0.2) is 0 Å². The number of halogens is 3. The average Bonchev–Trinajstić information content (AvgIpc) is 2.86. The maximum Gasteiger partial charge on any atom is 0.371 e. The number of hydrogen-bond donors (Lipinski definition) is 2. The molecule has 0 radical (unpaired) electrons. The number of ether oxygens (including phenoxy) is 1. The van der Waals surface area contributed by atoms with E-state index in [4.69, 9.17) is 9.84 Å². The van der Waals surface area contributed by atoms with Gasteiger partial charge in [0.25, 0.3) is 0 Å². The molecule has 5 nitrogen and oxygen atoms in total. The maximum atomic E-state index is 14.8. The molecule has 0 fully saturated rings. The molecular formula is C16H11F3N2O3. The summed E-state index contributed by atoms with van der Waals surface area (Å²) in [6, 6.07) is 11.1. The molecule has 2 atom stereocenters. The predicted octanol–water partition coefficient (Wildman–Crippen LogP) is 2.93. The third-order valence-electron chi connectivity index (χ3n) is 3.39. The number of carboxylic acids is 1. The summed E-state index contributed by atoms with van der Waals surface area (Å²) in [5, 5.41) is 11.6. The lowest BCUT2D eigenvalue weighted by Gasteiger charge is -2.21. The number of rotatable bonds is 4. The summed E-state index contributed by atoms with van der Waals surface area (Å²) >= 11 is 0. The van der Waals surface area contributed by atoms with Crippen LogP contribution in [0.3, 0.4) is 0 Å². The van der Waals surface area contributed by atoms with Crippen LogP contribution in [0, 0.1) is 11.6 Å². The molecule has 0 aliphatic carbocycles. The highest BCUT2D eigenvalue weighted by molar-refractivity contribution is 5.99. The van der Waals surface area contributed by atoms with Gasteiger partial charge in [-0.05, 0) is 24.3 Å². The lowest BCUT2D eigenvalue weighted by Crippen LogP contribution is -2.46. The van der Waals surface area contributed by atoms with Crippen molar-refractivity contribution in [3.8, 4) is 0 Å². The average molecular weight is 336 g/mol. The van der Waals surface area contributed by atoms with Crippen LogP contribution < -0.4 is 5.32 Å². The maximum absolute atomic E-state index is 14.8. The van der Waals surface area contributed by atoms with Gasteiger partial charge < -0.3 is 15.2 Å². The Balaban J connectivity index is 1.98. The summed E-state index contributed by atoms with van der Waals surface area (Å²) < 4.78 is 47.5. The molecule has 2 aromatic carbocycles. The molecule has 1 aliphatic heterocycles. The van der Waals surface area contributed by atoms with Gasteiger partial charge in [-0.15, -0.1) is 0 Å². The topological polar surface area (TPSA) is 70.9 Å². The number of alkyl halides is 1. The number of aliphatic imine (C=N–C) groups is 1. The van der Waals surface area contributed by atoms with E-state index < -0.39 is 41.1 Å². The van der Waals surface area contributed by atoms with Crippen LogP contribution in [0.5, 0.6) is 0 Å². The molecule has 24 heavy (non-hydrogen) atoms. The number of carboxylic acid groups (broad SMARTS) is 1. The fourth-order valence-corrected chi connectivity index (χ4v) is 2.21. The Hall–Kier alpha value is -3.03. The van der Waals surface area contributed by atoms with Gasteiger partial charge in [-0.25, -0.2) is 13.6 Å². The summed E-state index contributed by atoms with van der Waals surface area (Å²) in [5.41, 5.74) is -0.366. The van der Waals surface area contributed by atoms with Crippen LogP contribution in [0.15, 0.2) is 53.5 Å². The van der Waals surface area contributed by atoms with Crippen molar-refractivity contribution in [2.24, 2.45) is 4.99 Å². The number of para-hydroxylation sites is 1. The van der Waals surface area contributed by atoms with E-state index >= 15 is 0 Å². The van der Waals surface area contributed by atoms with E-state index in [9.17, 15) is 18.0 Å². The second kappa shape index (κ2) is 5.88. The molecule has 1 heterocycles. The van der Waals surface area contributed by atoms with Gasteiger partial charge in [-0.3, -0.25) is 0 Å². The van der Waals surface area contributed by atoms with Gasteiger partial charge in [0.1, 0.15) is 17.2 Å². The molecule has 2 N–H and O–H groups in total. The van der Waals surface area contributed by atoms with Crippen LogP contribution in [-0.4, -0.2) is 29.0 Å². The fraction of sp³-hybridized carbons (Fsp3) is 0.125. The number of aliphatic carboxylic acids is 1. The standard InChI is InChI=1S/C16H11F3N2O3/c17-10-7-4-8-11(18)12(10)13-21-16(19,15(22)23)14(24-13)20-9-5-2-1-3-6-9/h1-8,14,20H,(H,22,23). The Morgan fingerprint density at radius 1 is 1.12 bits per heavy atom. The zero-order chi connectivity index (χ0) is 17.3. The molecule has 124 valence electrons. The number of benzene rings is 2. The highest BCUT2D eigenvalue weighted by Crippen LogP contribution is 2.32. The zero-order valence-corrected chi connectivity index (χ0v) is 12.0. The third-order valence-corrected chi connectivity index (χ3v) is 3.39. The van der Waals surface area contributed by atoms with Gasteiger partial charge in [-0.1, -0.05) is 24.3 Å². The van der Waals surface area contributed by atoms with Crippen molar-refractivity contribution in [1.29, 1.82) is 0 Å². The molecule has 0 aromatic heterocycles. The minimum Gasteiger partial charge on any atom is -0.477 e. The van der Waals surface area contributed by atoms with E-state index in [1.54, 1.807) is 30.3 Å². The van der Waals surface area contributed by atoms with Gasteiger partial charge in [0.2, 0.25) is 12.1 Å². The molecule has 1 aliphatic rings. The number of carbonyl (C=O) groups is 1. The minimum atomic E-state index is -3.24. The smallest absolute Gasteiger partial charge is 0.371 e. The molecule has 0 amide bonds. The quantitative estimate of drug-likeness (QED) is 0.842. The fourth-order valence-electron chi connectivity index (χ4n) is 2.21. The largest absolute Gasteiger partial charge is 0.477 e. The Kier molecular flexibility index (Phi) is 3.88. The Morgan fingerprint density at radius 3 is 2.33 bits per heavy atom.